The highest BCUT2D eigenvalue weighted by molar-refractivity contribution is 7.91. The van der Waals surface area contributed by atoms with E-state index in [9.17, 15) is 22.8 Å². The summed E-state index contributed by atoms with van der Waals surface area (Å²) in [6.07, 6.45) is 0.487. The van der Waals surface area contributed by atoms with Crippen LogP contribution in [-0.2, 0) is 24.2 Å². The Morgan fingerprint density at radius 2 is 2.04 bits per heavy atom. The van der Waals surface area contributed by atoms with E-state index in [1.165, 1.54) is 16.9 Å². The summed E-state index contributed by atoms with van der Waals surface area (Å²) < 4.78 is 28.0. The number of rotatable bonds is 4. The van der Waals surface area contributed by atoms with Gasteiger partial charge in [-0.25, -0.2) is 13.2 Å². The van der Waals surface area contributed by atoms with E-state index in [0.29, 0.717) is 17.7 Å². The first-order chi connectivity index (χ1) is 12.7. The molecule has 2 aliphatic heterocycles. The van der Waals surface area contributed by atoms with Gasteiger partial charge in [-0.15, -0.1) is 0 Å². The number of sulfone groups is 1. The third kappa shape index (κ3) is 3.97. The van der Waals surface area contributed by atoms with Crippen LogP contribution in [-0.4, -0.2) is 69.4 Å². The molecule has 27 heavy (non-hydrogen) atoms. The van der Waals surface area contributed by atoms with E-state index < -0.39 is 21.7 Å². The van der Waals surface area contributed by atoms with Crippen molar-refractivity contribution in [2.45, 2.75) is 18.9 Å². The second-order valence-electron chi connectivity index (χ2n) is 6.95. The van der Waals surface area contributed by atoms with Crippen LogP contribution in [0.25, 0.3) is 0 Å². The average molecular weight is 394 g/mol. The number of benzene rings is 1. The maximum Gasteiger partial charge on any atom is 0.337 e. The Morgan fingerprint density at radius 1 is 1.30 bits per heavy atom. The Hall–Kier alpha value is -2.42. The van der Waals surface area contributed by atoms with Gasteiger partial charge in [0.2, 0.25) is 11.8 Å². The second-order valence-corrected chi connectivity index (χ2v) is 9.18. The van der Waals surface area contributed by atoms with E-state index in [2.05, 4.69) is 0 Å². The van der Waals surface area contributed by atoms with Gasteiger partial charge in [-0.05, 0) is 24.6 Å². The van der Waals surface area contributed by atoms with E-state index in [1.807, 2.05) is 0 Å². The summed E-state index contributed by atoms with van der Waals surface area (Å²) in [5.74, 6) is -1.41. The zero-order chi connectivity index (χ0) is 19.8. The van der Waals surface area contributed by atoms with Crippen molar-refractivity contribution in [2.75, 3.05) is 37.1 Å². The number of esters is 1. The molecule has 2 amide bonds. The molecule has 1 aromatic rings. The van der Waals surface area contributed by atoms with Crippen molar-refractivity contribution in [3.05, 3.63) is 29.8 Å². The van der Waals surface area contributed by atoms with Gasteiger partial charge >= 0.3 is 5.97 Å². The Bertz CT molecular complexity index is 882. The molecule has 8 nitrogen and oxygen atoms in total. The van der Waals surface area contributed by atoms with Gasteiger partial charge in [-0.2, -0.15) is 0 Å². The van der Waals surface area contributed by atoms with Crippen LogP contribution < -0.4 is 4.90 Å². The normalized spacial score (nSPS) is 24.1. The van der Waals surface area contributed by atoms with Crippen LogP contribution in [0.15, 0.2) is 24.3 Å². The molecule has 0 bridgehead atoms. The molecule has 2 aliphatic rings. The van der Waals surface area contributed by atoms with Crippen molar-refractivity contribution >= 4 is 33.3 Å². The van der Waals surface area contributed by atoms with E-state index in [-0.39, 0.29) is 42.3 Å². The summed E-state index contributed by atoms with van der Waals surface area (Å²) in [4.78, 5) is 39.8. The Kier molecular flexibility index (Phi) is 5.23. The molecule has 0 radical (unpaired) electrons. The zero-order valence-electron chi connectivity index (χ0n) is 15.3. The number of anilines is 1. The number of carbonyl (C=O) groups excluding carboxylic acids is 3. The molecule has 2 heterocycles. The lowest BCUT2D eigenvalue weighted by molar-refractivity contribution is -0.136. The predicted molar refractivity (Wildman–Crippen MR) is 98.1 cm³/mol. The van der Waals surface area contributed by atoms with Gasteiger partial charge in [0, 0.05) is 31.7 Å². The lowest BCUT2D eigenvalue weighted by atomic mass is 10.1. The summed E-state index contributed by atoms with van der Waals surface area (Å²) in [6, 6.07) is 6.16. The largest absolute Gasteiger partial charge is 0.465 e. The molecule has 0 aliphatic carbocycles. The summed E-state index contributed by atoms with van der Waals surface area (Å²) in [6.45, 7) is 0.200. The predicted octanol–water partition coefficient (Wildman–Crippen LogP) is 0.472. The summed E-state index contributed by atoms with van der Waals surface area (Å²) in [5.41, 5.74) is 0.857. The fraction of sp³-hybridized carbons (Fsp3) is 0.500. The van der Waals surface area contributed by atoms with Gasteiger partial charge in [0.15, 0.2) is 9.84 Å². The van der Waals surface area contributed by atoms with Crippen LogP contribution >= 0.6 is 0 Å². The Balaban J connectivity index is 1.72. The first-order valence-corrected chi connectivity index (χ1v) is 10.5. The number of hydrogen-bond acceptors (Lipinski definition) is 6. The first kappa shape index (κ1) is 19.3. The van der Waals surface area contributed by atoms with Crippen molar-refractivity contribution < 1.29 is 27.5 Å². The van der Waals surface area contributed by atoms with Crippen LogP contribution in [0.1, 0.15) is 23.2 Å². The second kappa shape index (κ2) is 7.30. The van der Waals surface area contributed by atoms with Crippen molar-refractivity contribution in [3.8, 4) is 0 Å². The lowest BCUT2D eigenvalue weighted by Gasteiger charge is -2.26. The third-order valence-electron chi connectivity index (χ3n) is 5.16. The average Bonchev–Trinajstić information content (AvgIpc) is 3.22. The van der Waals surface area contributed by atoms with Crippen LogP contribution in [0.2, 0.25) is 0 Å². The number of methoxy groups -OCH3 is 1. The van der Waals surface area contributed by atoms with Crippen molar-refractivity contribution in [2.24, 2.45) is 5.92 Å². The van der Waals surface area contributed by atoms with Gasteiger partial charge in [0.05, 0.1) is 30.1 Å². The van der Waals surface area contributed by atoms with Gasteiger partial charge in [0.1, 0.15) is 0 Å². The molecule has 2 fully saturated rings. The van der Waals surface area contributed by atoms with E-state index >= 15 is 0 Å². The highest BCUT2D eigenvalue weighted by atomic mass is 32.2. The highest BCUT2D eigenvalue weighted by Gasteiger charge is 2.40. The number of carbonyl (C=O) groups is 3. The molecular weight excluding hydrogens is 372 g/mol. The summed E-state index contributed by atoms with van der Waals surface area (Å²) in [5, 5.41) is 0. The fourth-order valence-electron chi connectivity index (χ4n) is 3.59. The molecular formula is C18H22N2O6S. The molecule has 9 heteroatoms. The minimum atomic E-state index is -3.09. The van der Waals surface area contributed by atoms with E-state index in [1.54, 1.807) is 31.3 Å². The molecule has 2 atom stereocenters. The van der Waals surface area contributed by atoms with Crippen LogP contribution in [0.3, 0.4) is 0 Å². The van der Waals surface area contributed by atoms with Crippen molar-refractivity contribution in [1.82, 2.24) is 4.90 Å². The lowest BCUT2D eigenvalue weighted by Crippen LogP contribution is -2.42. The van der Waals surface area contributed by atoms with E-state index in [0.717, 1.165) is 0 Å². The standard InChI is InChI=1S/C18H22N2O6S/c1-19(15-6-7-27(24,25)11-15)17(22)13-9-16(21)20(10-13)14-5-3-4-12(8-14)18(23)26-2/h3-5,8,13,15H,6-7,9-11H2,1-2H3. The van der Waals surface area contributed by atoms with Gasteiger partial charge < -0.3 is 14.5 Å². The summed E-state index contributed by atoms with van der Waals surface area (Å²) in [7, 11) is -0.215. The molecule has 0 aromatic heterocycles. The first-order valence-electron chi connectivity index (χ1n) is 8.67. The molecule has 0 saturated carbocycles. The third-order valence-corrected chi connectivity index (χ3v) is 6.91. The SMILES string of the molecule is COC(=O)c1cccc(N2CC(C(=O)N(C)C3CCS(=O)(=O)C3)CC2=O)c1. The minimum Gasteiger partial charge on any atom is -0.465 e. The van der Waals surface area contributed by atoms with Crippen molar-refractivity contribution in [3.63, 3.8) is 0 Å². The number of amides is 2. The maximum atomic E-state index is 12.8. The zero-order valence-corrected chi connectivity index (χ0v) is 16.1. The Labute approximate surface area is 158 Å². The number of ether oxygens (including phenoxy) is 1. The van der Waals surface area contributed by atoms with Crippen LogP contribution in [0.4, 0.5) is 5.69 Å². The smallest absolute Gasteiger partial charge is 0.337 e. The molecule has 2 unspecified atom stereocenters. The van der Waals surface area contributed by atoms with Crippen molar-refractivity contribution in [1.29, 1.82) is 0 Å². The molecule has 0 spiro atoms. The molecule has 0 N–H and O–H groups in total. The van der Waals surface area contributed by atoms with Gasteiger partial charge in [-0.3, -0.25) is 9.59 Å². The minimum absolute atomic E-state index is 0.0270. The molecule has 1 aromatic carbocycles. The molecule has 146 valence electrons. The Morgan fingerprint density at radius 3 is 2.67 bits per heavy atom. The maximum absolute atomic E-state index is 12.8. The summed E-state index contributed by atoms with van der Waals surface area (Å²) >= 11 is 0. The van der Waals surface area contributed by atoms with Gasteiger partial charge in [0.25, 0.3) is 0 Å². The highest BCUT2D eigenvalue weighted by Crippen LogP contribution is 2.28. The number of hydrogen-bond donors (Lipinski definition) is 0. The van der Waals surface area contributed by atoms with Crippen LogP contribution in [0, 0.1) is 5.92 Å². The van der Waals surface area contributed by atoms with Gasteiger partial charge in [-0.1, -0.05) is 6.07 Å². The monoisotopic (exact) mass is 394 g/mol. The fourth-order valence-corrected chi connectivity index (χ4v) is 5.36. The van der Waals surface area contributed by atoms with E-state index in [4.69, 9.17) is 4.74 Å². The quantitative estimate of drug-likeness (QED) is 0.688. The topological polar surface area (TPSA) is 101 Å². The van der Waals surface area contributed by atoms with Crippen LogP contribution in [0.5, 0.6) is 0 Å². The molecule has 2 saturated heterocycles. The number of nitrogens with zero attached hydrogens (tertiary/aromatic N) is 2. The molecule has 3 rings (SSSR count).